The molecule has 1 aromatic carbocycles. The van der Waals surface area contributed by atoms with E-state index in [9.17, 15) is 13.2 Å². The molecule has 0 unspecified atom stereocenters. The molecule has 150 valence electrons. The van der Waals surface area contributed by atoms with E-state index >= 15 is 0 Å². The van der Waals surface area contributed by atoms with Crippen molar-refractivity contribution in [2.24, 2.45) is 5.92 Å². The summed E-state index contributed by atoms with van der Waals surface area (Å²) < 4.78 is 26.9. The Bertz CT molecular complexity index is 910. The Morgan fingerprint density at radius 3 is 2.43 bits per heavy atom. The molecule has 0 spiro atoms. The van der Waals surface area contributed by atoms with Crippen LogP contribution in [0.1, 0.15) is 24.0 Å². The molecule has 2 heterocycles. The van der Waals surface area contributed by atoms with Gasteiger partial charge in [-0.2, -0.15) is 0 Å². The second-order valence-corrected chi connectivity index (χ2v) is 9.49. The number of aromatic nitrogens is 1. The molecular weight excluding hydrogens is 421 g/mol. The van der Waals surface area contributed by atoms with Crippen LogP contribution >= 0.6 is 23.2 Å². The maximum Gasteiger partial charge on any atom is 0.223 e. The van der Waals surface area contributed by atoms with Crippen molar-refractivity contribution in [3.8, 4) is 0 Å². The van der Waals surface area contributed by atoms with Crippen LogP contribution in [-0.2, 0) is 27.1 Å². The number of amides is 1. The molecule has 1 aliphatic heterocycles. The summed E-state index contributed by atoms with van der Waals surface area (Å²) in [6, 6.07) is 8.63. The first-order valence-electron chi connectivity index (χ1n) is 8.94. The Balaban J connectivity index is 1.54. The summed E-state index contributed by atoms with van der Waals surface area (Å²) >= 11 is 12.2. The fraction of sp³-hybridized carbons (Fsp3) is 0.368. The zero-order chi connectivity index (χ0) is 20.1. The monoisotopic (exact) mass is 441 g/mol. The zero-order valence-electron chi connectivity index (χ0n) is 15.1. The average Bonchev–Trinajstić information content (AvgIpc) is 2.70. The van der Waals surface area contributed by atoms with E-state index in [4.69, 9.17) is 23.2 Å². The lowest BCUT2D eigenvalue weighted by molar-refractivity contribution is -0.126. The van der Waals surface area contributed by atoms with Crippen molar-refractivity contribution in [2.75, 3.05) is 13.1 Å². The van der Waals surface area contributed by atoms with E-state index in [1.165, 1.54) is 4.31 Å². The molecule has 1 fully saturated rings. The van der Waals surface area contributed by atoms with E-state index in [0.717, 1.165) is 5.56 Å². The average molecular weight is 442 g/mol. The molecule has 9 heteroatoms. The third kappa shape index (κ3) is 5.23. The van der Waals surface area contributed by atoms with Crippen molar-refractivity contribution in [1.82, 2.24) is 14.6 Å². The maximum absolute atomic E-state index is 12.7. The number of benzene rings is 1. The Kier molecular flexibility index (Phi) is 6.93. The lowest BCUT2D eigenvalue weighted by Gasteiger charge is -2.30. The van der Waals surface area contributed by atoms with Gasteiger partial charge in [-0.3, -0.25) is 9.78 Å². The summed E-state index contributed by atoms with van der Waals surface area (Å²) in [6.45, 7) is 1.01. The minimum Gasteiger partial charge on any atom is -0.352 e. The van der Waals surface area contributed by atoms with E-state index in [1.54, 1.807) is 30.6 Å². The minimum atomic E-state index is -3.56. The summed E-state index contributed by atoms with van der Waals surface area (Å²) in [7, 11) is -3.56. The quantitative estimate of drug-likeness (QED) is 0.745. The highest BCUT2D eigenvalue weighted by molar-refractivity contribution is 7.88. The van der Waals surface area contributed by atoms with Gasteiger partial charge in [0.15, 0.2) is 0 Å². The van der Waals surface area contributed by atoms with Gasteiger partial charge in [-0.25, -0.2) is 12.7 Å². The van der Waals surface area contributed by atoms with Crippen LogP contribution in [0, 0.1) is 5.92 Å². The number of nitrogens with zero attached hydrogens (tertiary/aromatic N) is 2. The molecule has 0 bridgehead atoms. The smallest absolute Gasteiger partial charge is 0.223 e. The van der Waals surface area contributed by atoms with E-state index in [2.05, 4.69) is 10.3 Å². The summed E-state index contributed by atoms with van der Waals surface area (Å²) in [4.78, 5) is 16.4. The molecule has 6 nitrogen and oxygen atoms in total. The van der Waals surface area contributed by atoms with Crippen molar-refractivity contribution in [1.29, 1.82) is 0 Å². The van der Waals surface area contributed by atoms with Crippen LogP contribution in [0.2, 0.25) is 10.0 Å². The number of sulfonamides is 1. The SMILES string of the molecule is O=C(NCc1cccnc1)C1CCN(S(=O)(=O)Cc2c(Cl)cccc2Cl)CC1. The normalized spacial score (nSPS) is 16.1. The molecule has 0 saturated carbocycles. The van der Waals surface area contributed by atoms with Gasteiger partial charge in [0.05, 0.1) is 5.75 Å². The van der Waals surface area contributed by atoms with Crippen LogP contribution in [0.5, 0.6) is 0 Å². The van der Waals surface area contributed by atoms with Crippen molar-refractivity contribution < 1.29 is 13.2 Å². The first-order valence-corrected chi connectivity index (χ1v) is 11.3. The molecule has 0 atom stereocenters. The summed E-state index contributed by atoms with van der Waals surface area (Å²) in [5.41, 5.74) is 1.33. The largest absolute Gasteiger partial charge is 0.352 e. The Morgan fingerprint density at radius 2 is 1.82 bits per heavy atom. The van der Waals surface area contributed by atoms with Gasteiger partial charge in [0.25, 0.3) is 0 Å². The van der Waals surface area contributed by atoms with Crippen LogP contribution in [0.4, 0.5) is 0 Å². The summed E-state index contributed by atoms with van der Waals surface area (Å²) in [6.07, 6.45) is 4.34. The Hall–Kier alpha value is -1.67. The second-order valence-electron chi connectivity index (χ2n) is 6.71. The Morgan fingerprint density at radius 1 is 1.14 bits per heavy atom. The van der Waals surface area contributed by atoms with Crippen LogP contribution < -0.4 is 5.32 Å². The molecule has 1 aromatic heterocycles. The number of pyridine rings is 1. The number of piperidine rings is 1. The molecule has 3 rings (SSSR count). The van der Waals surface area contributed by atoms with Gasteiger partial charge in [0.1, 0.15) is 0 Å². The van der Waals surface area contributed by atoms with Crippen LogP contribution in [0.3, 0.4) is 0 Å². The lowest BCUT2D eigenvalue weighted by Crippen LogP contribution is -2.43. The molecule has 1 saturated heterocycles. The maximum atomic E-state index is 12.7. The number of carbonyl (C=O) groups excluding carboxylic acids is 1. The van der Waals surface area contributed by atoms with E-state index in [-0.39, 0.29) is 17.6 Å². The number of nitrogens with one attached hydrogen (secondary N) is 1. The molecule has 28 heavy (non-hydrogen) atoms. The molecule has 1 N–H and O–H groups in total. The standard InChI is InChI=1S/C19H21Cl2N3O3S/c20-17-4-1-5-18(21)16(17)13-28(26,27)24-9-6-15(7-10-24)19(25)23-12-14-3-2-8-22-11-14/h1-5,8,11,15H,6-7,9-10,12-13H2,(H,23,25). The van der Waals surface area contributed by atoms with Crippen LogP contribution in [-0.4, -0.2) is 36.7 Å². The van der Waals surface area contributed by atoms with Gasteiger partial charge >= 0.3 is 0 Å². The first-order chi connectivity index (χ1) is 13.4. The zero-order valence-corrected chi connectivity index (χ0v) is 17.5. The third-order valence-electron chi connectivity index (χ3n) is 4.80. The van der Waals surface area contributed by atoms with Crippen molar-refractivity contribution in [2.45, 2.75) is 25.1 Å². The molecule has 1 aliphatic rings. The molecule has 1 amide bonds. The van der Waals surface area contributed by atoms with Gasteiger partial charge in [-0.1, -0.05) is 35.3 Å². The fourth-order valence-electron chi connectivity index (χ4n) is 3.18. The minimum absolute atomic E-state index is 0.0601. The highest BCUT2D eigenvalue weighted by Crippen LogP contribution is 2.29. The second kappa shape index (κ2) is 9.22. The molecule has 0 aliphatic carbocycles. The van der Waals surface area contributed by atoms with Crippen molar-refractivity contribution >= 4 is 39.1 Å². The van der Waals surface area contributed by atoms with Gasteiger partial charge in [0, 0.05) is 53.6 Å². The highest BCUT2D eigenvalue weighted by atomic mass is 35.5. The fourth-order valence-corrected chi connectivity index (χ4v) is 5.49. The predicted octanol–water partition coefficient (Wildman–Crippen LogP) is 3.25. The Labute approximate surface area is 174 Å². The summed E-state index contributed by atoms with van der Waals surface area (Å²) in [5, 5.41) is 3.56. The van der Waals surface area contributed by atoms with E-state index in [1.807, 2.05) is 12.1 Å². The number of hydrogen-bond donors (Lipinski definition) is 1. The number of hydrogen-bond acceptors (Lipinski definition) is 4. The first kappa shape index (κ1) is 21.0. The molecule has 0 radical (unpaired) electrons. The van der Waals surface area contributed by atoms with Crippen LogP contribution in [0.15, 0.2) is 42.7 Å². The van der Waals surface area contributed by atoms with Crippen molar-refractivity contribution in [3.05, 3.63) is 63.9 Å². The van der Waals surface area contributed by atoms with Gasteiger partial charge in [0.2, 0.25) is 15.9 Å². The number of carbonyl (C=O) groups is 1. The number of halogens is 2. The van der Waals surface area contributed by atoms with Gasteiger partial charge < -0.3 is 5.32 Å². The molecule has 2 aromatic rings. The van der Waals surface area contributed by atoms with Gasteiger partial charge in [-0.15, -0.1) is 0 Å². The van der Waals surface area contributed by atoms with Crippen molar-refractivity contribution in [3.63, 3.8) is 0 Å². The third-order valence-corrected chi connectivity index (χ3v) is 7.31. The predicted molar refractivity (Wildman–Crippen MR) is 109 cm³/mol. The summed E-state index contributed by atoms with van der Waals surface area (Å²) in [5.74, 6) is -0.509. The molecular formula is C19H21Cl2N3O3S. The number of rotatable bonds is 6. The topological polar surface area (TPSA) is 79.4 Å². The van der Waals surface area contributed by atoms with Crippen LogP contribution in [0.25, 0.3) is 0 Å². The van der Waals surface area contributed by atoms with E-state index < -0.39 is 10.0 Å². The highest BCUT2D eigenvalue weighted by Gasteiger charge is 2.31. The van der Waals surface area contributed by atoms with Gasteiger partial charge in [-0.05, 0) is 36.6 Å². The van der Waals surface area contributed by atoms with E-state index in [0.29, 0.717) is 48.1 Å². The lowest BCUT2D eigenvalue weighted by atomic mass is 9.97.